The van der Waals surface area contributed by atoms with Crippen LogP contribution >= 0.6 is 0 Å². The Kier molecular flexibility index (Phi) is 5.66. The second-order valence-corrected chi connectivity index (χ2v) is 4.72. The number of rotatable bonds is 7. The van der Waals surface area contributed by atoms with Crippen LogP contribution in [0.2, 0.25) is 0 Å². The lowest BCUT2D eigenvalue weighted by Gasteiger charge is -2.10. The van der Waals surface area contributed by atoms with Gasteiger partial charge in [-0.2, -0.15) is 0 Å². The first-order chi connectivity index (χ1) is 10.2. The third-order valence-corrected chi connectivity index (χ3v) is 3.18. The summed E-state index contributed by atoms with van der Waals surface area (Å²) in [4.78, 5) is 8.95. The zero-order valence-corrected chi connectivity index (χ0v) is 12.5. The molecule has 2 rings (SSSR count). The van der Waals surface area contributed by atoms with Crippen molar-refractivity contribution < 1.29 is 9.47 Å². The molecule has 2 N–H and O–H groups in total. The molecule has 1 aromatic heterocycles. The van der Waals surface area contributed by atoms with Crippen LogP contribution in [0.4, 0.5) is 5.82 Å². The van der Waals surface area contributed by atoms with E-state index in [1.54, 1.807) is 7.11 Å². The van der Waals surface area contributed by atoms with Gasteiger partial charge in [-0.1, -0.05) is 30.3 Å². The number of anilines is 1. The van der Waals surface area contributed by atoms with Crippen LogP contribution in [0.25, 0.3) is 11.3 Å². The highest BCUT2D eigenvalue weighted by Gasteiger charge is 2.10. The summed E-state index contributed by atoms with van der Waals surface area (Å²) >= 11 is 0. The first-order valence-corrected chi connectivity index (χ1v) is 6.97. The van der Waals surface area contributed by atoms with Gasteiger partial charge in [0.2, 0.25) is 0 Å². The number of hydrogen-bond acceptors (Lipinski definition) is 5. The molecule has 0 fully saturated rings. The van der Waals surface area contributed by atoms with E-state index in [0.29, 0.717) is 37.9 Å². The van der Waals surface area contributed by atoms with Crippen LogP contribution in [0.5, 0.6) is 0 Å². The highest BCUT2D eigenvalue weighted by Crippen LogP contribution is 2.24. The van der Waals surface area contributed by atoms with Gasteiger partial charge in [0.15, 0.2) is 0 Å². The predicted octanol–water partition coefficient (Wildman–Crippen LogP) is 2.24. The van der Waals surface area contributed by atoms with E-state index in [0.717, 1.165) is 16.8 Å². The maximum Gasteiger partial charge on any atom is 0.133 e. The molecule has 0 aliphatic heterocycles. The lowest BCUT2D eigenvalue weighted by Crippen LogP contribution is -2.09. The van der Waals surface area contributed by atoms with E-state index in [1.807, 2.05) is 37.3 Å². The average molecular weight is 287 g/mol. The summed E-state index contributed by atoms with van der Waals surface area (Å²) in [6.45, 7) is 3.66. The van der Waals surface area contributed by atoms with Crippen molar-refractivity contribution in [1.82, 2.24) is 9.97 Å². The number of ether oxygens (including phenoxy) is 2. The topological polar surface area (TPSA) is 70.3 Å². The van der Waals surface area contributed by atoms with Crippen LogP contribution in [-0.4, -0.2) is 36.9 Å². The Morgan fingerprint density at radius 2 is 1.81 bits per heavy atom. The van der Waals surface area contributed by atoms with Gasteiger partial charge < -0.3 is 15.2 Å². The minimum atomic E-state index is 0.524. The van der Waals surface area contributed by atoms with Gasteiger partial charge in [0.05, 0.1) is 25.5 Å². The van der Waals surface area contributed by atoms with Crippen molar-refractivity contribution >= 4 is 5.82 Å². The maximum atomic E-state index is 6.00. The van der Waals surface area contributed by atoms with Crippen LogP contribution in [0, 0.1) is 6.92 Å². The van der Waals surface area contributed by atoms with Gasteiger partial charge in [0.25, 0.3) is 0 Å². The van der Waals surface area contributed by atoms with Crippen molar-refractivity contribution in [3.8, 4) is 11.3 Å². The molecule has 0 atom stereocenters. The first kappa shape index (κ1) is 15.4. The molecule has 112 valence electrons. The van der Waals surface area contributed by atoms with Crippen LogP contribution in [0.15, 0.2) is 30.3 Å². The molecular weight excluding hydrogens is 266 g/mol. The largest absolute Gasteiger partial charge is 0.383 e. The minimum Gasteiger partial charge on any atom is -0.383 e. The predicted molar refractivity (Wildman–Crippen MR) is 83.0 cm³/mol. The third kappa shape index (κ3) is 4.24. The fraction of sp³-hybridized carbons (Fsp3) is 0.375. The number of aromatic nitrogens is 2. The fourth-order valence-corrected chi connectivity index (χ4v) is 1.98. The van der Waals surface area contributed by atoms with Crippen molar-refractivity contribution in [2.45, 2.75) is 13.3 Å². The van der Waals surface area contributed by atoms with E-state index >= 15 is 0 Å². The van der Waals surface area contributed by atoms with Crippen LogP contribution in [0.1, 0.15) is 11.4 Å². The normalized spacial score (nSPS) is 10.8. The zero-order chi connectivity index (χ0) is 15.1. The summed E-state index contributed by atoms with van der Waals surface area (Å²) in [7, 11) is 1.65. The van der Waals surface area contributed by atoms with Gasteiger partial charge >= 0.3 is 0 Å². The number of nitrogens with two attached hydrogens (primary N) is 1. The highest BCUT2D eigenvalue weighted by atomic mass is 16.5. The van der Waals surface area contributed by atoms with Crippen molar-refractivity contribution in [2.24, 2.45) is 0 Å². The number of nitrogens with zero attached hydrogens (tertiary/aromatic N) is 2. The molecule has 5 nitrogen and oxygen atoms in total. The second kappa shape index (κ2) is 7.71. The minimum absolute atomic E-state index is 0.524. The van der Waals surface area contributed by atoms with E-state index in [9.17, 15) is 0 Å². The van der Waals surface area contributed by atoms with Crippen molar-refractivity contribution in [1.29, 1.82) is 0 Å². The molecule has 1 aromatic carbocycles. The second-order valence-electron chi connectivity index (χ2n) is 4.72. The molecule has 21 heavy (non-hydrogen) atoms. The quantitative estimate of drug-likeness (QED) is 0.791. The van der Waals surface area contributed by atoms with Gasteiger partial charge in [0, 0.05) is 24.7 Å². The van der Waals surface area contributed by atoms with E-state index in [4.69, 9.17) is 15.2 Å². The Morgan fingerprint density at radius 1 is 1.05 bits per heavy atom. The Labute approximate surface area is 125 Å². The molecule has 0 saturated carbocycles. The van der Waals surface area contributed by atoms with E-state index < -0.39 is 0 Å². The van der Waals surface area contributed by atoms with E-state index in [1.165, 1.54) is 0 Å². The number of benzene rings is 1. The lowest BCUT2D eigenvalue weighted by molar-refractivity contribution is 0.0716. The standard InChI is InChI=1S/C16H21N3O2/c1-12-15(13-6-4-3-5-7-13)18-14(19-16(12)17)8-9-21-11-10-20-2/h3-7H,8-11H2,1-2H3,(H2,17,18,19). The van der Waals surface area contributed by atoms with Crippen molar-refractivity contribution in [2.75, 3.05) is 32.7 Å². The van der Waals surface area contributed by atoms with Gasteiger partial charge in [0.1, 0.15) is 11.6 Å². The molecule has 0 aliphatic carbocycles. The third-order valence-electron chi connectivity index (χ3n) is 3.18. The smallest absolute Gasteiger partial charge is 0.133 e. The summed E-state index contributed by atoms with van der Waals surface area (Å²) in [6, 6.07) is 10.00. The van der Waals surface area contributed by atoms with Crippen LogP contribution in [0.3, 0.4) is 0 Å². The van der Waals surface area contributed by atoms with Crippen LogP contribution < -0.4 is 5.73 Å². The molecule has 0 aliphatic rings. The van der Waals surface area contributed by atoms with Crippen LogP contribution in [-0.2, 0) is 15.9 Å². The summed E-state index contributed by atoms with van der Waals surface area (Å²) in [5.74, 6) is 1.23. The Morgan fingerprint density at radius 3 is 2.52 bits per heavy atom. The number of hydrogen-bond donors (Lipinski definition) is 1. The maximum absolute atomic E-state index is 6.00. The Hall–Kier alpha value is -1.98. The van der Waals surface area contributed by atoms with Crippen molar-refractivity contribution in [3.05, 3.63) is 41.7 Å². The molecular formula is C16H21N3O2. The summed E-state index contributed by atoms with van der Waals surface area (Å²) in [5.41, 5.74) is 8.84. The average Bonchev–Trinajstić information content (AvgIpc) is 2.51. The Bertz CT molecular complexity index is 573. The summed E-state index contributed by atoms with van der Waals surface area (Å²) in [6.07, 6.45) is 0.633. The van der Waals surface area contributed by atoms with Gasteiger partial charge in [-0.25, -0.2) is 9.97 Å². The number of nitrogen functional groups attached to an aromatic ring is 1. The highest BCUT2D eigenvalue weighted by molar-refractivity contribution is 5.67. The molecule has 1 heterocycles. The van der Waals surface area contributed by atoms with E-state index in [-0.39, 0.29) is 0 Å². The monoisotopic (exact) mass is 287 g/mol. The fourth-order valence-electron chi connectivity index (χ4n) is 1.98. The first-order valence-electron chi connectivity index (χ1n) is 6.97. The molecule has 0 bridgehead atoms. The molecule has 2 aromatic rings. The van der Waals surface area contributed by atoms with Gasteiger partial charge in [-0.05, 0) is 6.92 Å². The molecule has 0 radical (unpaired) electrons. The molecule has 0 amide bonds. The molecule has 0 unspecified atom stereocenters. The van der Waals surface area contributed by atoms with Gasteiger partial charge in [-0.3, -0.25) is 0 Å². The van der Waals surface area contributed by atoms with Gasteiger partial charge in [-0.15, -0.1) is 0 Å². The summed E-state index contributed by atoms with van der Waals surface area (Å²) < 4.78 is 10.4. The number of methoxy groups -OCH3 is 1. The van der Waals surface area contributed by atoms with E-state index in [2.05, 4.69) is 9.97 Å². The Balaban J connectivity index is 2.12. The summed E-state index contributed by atoms with van der Waals surface area (Å²) in [5, 5.41) is 0. The lowest BCUT2D eigenvalue weighted by atomic mass is 10.1. The molecule has 0 saturated heterocycles. The zero-order valence-electron chi connectivity index (χ0n) is 12.5. The molecule has 0 spiro atoms. The SMILES string of the molecule is COCCOCCc1nc(N)c(C)c(-c2ccccc2)n1. The molecule has 5 heteroatoms. The van der Waals surface area contributed by atoms with Crippen molar-refractivity contribution in [3.63, 3.8) is 0 Å².